The first kappa shape index (κ1) is 17.2. The number of nitrogens with zero attached hydrogens (tertiary/aromatic N) is 1. The van der Waals surface area contributed by atoms with Gasteiger partial charge in [0.25, 0.3) is 5.91 Å². The Morgan fingerprint density at radius 1 is 1.29 bits per heavy atom. The van der Waals surface area contributed by atoms with Gasteiger partial charge in [-0.05, 0) is 11.6 Å². The van der Waals surface area contributed by atoms with Crippen LogP contribution < -0.4 is 10.6 Å². The number of hydrogen-bond donors (Lipinski definition) is 2. The van der Waals surface area contributed by atoms with E-state index in [1.165, 1.54) is 13.0 Å². The highest BCUT2D eigenvalue weighted by molar-refractivity contribution is 6.00. The molecule has 0 bridgehead atoms. The normalized spacial score (nSPS) is 14.1. The Balaban J connectivity index is 2.02. The van der Waals surface area contributed by atoms with E-state index >= 15 is 0 Å². The van der Waals surface area contributed by atoms with Crippen molar-refractivity contribution < 1.29 is 23.9 Å². The van der Waals surface area contributed by atoms with Crippen LogP contribution in [0.1, 0.15) is 12.5 Å². The molecule has 0 spiro atoms. The molecule has 2 N–H and O–H groups in total. The maximum Gasteiger partial charge on any atom is 0.355 e. The summed E-state index contributed by atoms with van der Waals surface area (Å²) >= 11 is 0. The van der Waals surface area contributed by atoms with Crippen molar-refractivity contribution in [2.24, 2.45) is 0 Å². The van der Waals surface area contributed by atoms with Crippen LogP contribution in [-0.4, -0.2) is 48.4 Å². The van der Waals surface area contributed by atoms with Crippen molar-refractivity contribution in [2.45, 2.75) is 6.92 Å². The third-order valence-electron chi connectivity index (χ3n) is 3.13. The maximum atomic E-state index is 12.1. The minimum atomic E-state index is -0.859. The monoisotopic (exact) mass is 331 g/mol. The lowest BCUT2D eigenvalue weighted by molar-refractivity contribution is -0.147. The number of rotatable bonds is 5. The van der Waals surface area contributed by atoms with Crippen LogP contribution in [0, 0.1) is 0 Å². The molecular formula is C16H17N3O5. The average Bonchev–Trinajstić information content (AvgIpc) is 2.98. The largest absolute Gasteiger partial charge is 0.451 e. The lowest BCUT2D eigenvalue weighted by atomic mass is 10.2. The molecule has 24 heavy (non-hydrogen) atoms. The Hall–Kier alpha value is -3.16. The van der Waals surface area contributed by atoms with E-state index in [0.717, 1.165) is 4.90 Å². The lowest BCUT2D eigenvalue weighted by Crippen LogP contribution is -2.38. The minimum absolute atomic E-state index is 0.0904. The van der Waals surface area contributed by atoms with E-state index in [0.29, 0.717) is 12.1 Å². The molecule has 0 atom stereocenters. The number of imide groups is 1. The molecule has 0 aliphatic carbocycles. The van der Waals surface area contributed by atoms with Crippen LogP contribution in [0.25, 0.3) is 6.08 Å². The molecule has 0 unspecified atom stereocenters. The van der Waals surface area contributed by atoms with Crippen LogP contribution in [0.4, 0.5) is 4.79 Å². The van der Waals surface area contributed by atoms with E-state index in [9.17, 15) is 19.2 Å². The third kappa shape index (κ3) is 4.67. The van der Waals surface area contributed by atoms with Crippen LogP contribution in [0.3, 0.4) is 0 Å². The van der Waals surface area contributed by atoms with E-state index in [2.05, 4.69) is 10.6 Å². The molecule has 8 nitrogen and oxygen atoms in total. The summed E-state index contributed by atoms with van der Waals surface area (Å²) < 4.78 is 4.91. The van der Waals surface area contributed by atoms with Crippen molar-refractivity contribution in [1.82, 2.24) is 15.5 Å². The molecule has 0 aromatic heterocycles. The molecule has 1 aromatic rings. The summed E-state index contributed by atoms with van der Waals surface area (Å²) in [5, 5.41) is 4.85. The summed E-state index contributed by atoms with van der Waals surface area (Å²) in [6, 6.07) is 8.34. The van der Waals surface area contributed by atoms with Crippen LogP contribution in [-0.2, 0) is 19.1 Å². The Morgan fingerprint density at radius 2 is 2.00 bits per heavy atom. The molecule has 1 aromatic carbocycles. The Kier molecular flexibility index (Phi) is 5.67. The first-order valence-corrected chi connectivity index (χ1v) is 7.27. The number of carbonyl (C=O) groups excluding carboxylic acids is 4. The number of nitrogens with one attached hydrogen (secondary N) is 2. The quantitative estimate of drug-likeness (QED) is 0.595. The third-order valence-corrected chi connectivity index (χ3v) is 3.13. The second-order valence-electron chi connectivity index (χ2n) is 5.00. The number of hydrogen-bond acceptors (Lipinski definition) is 5. The molecule has 0 radical (unpaired) electrons. The van der Waals surface area contributed by atoms with Crippen LogP contribution in [0.5, 0.6) is 0 Å². The Bertz CT molecular complexity index is 684. The fourth-order valence-corrected chi connectivity index (χ4v) is 2.04. The van der Waals surface area contributed by atoms with Crippen molar-refractivity contribution >= 4 is 29.9 Å². The standard InChI is InChI=1S/C16H17N3O5/c1-11(20)18-13(9-12-5-3-2-4-6-12)15(22)24-10-14(21)19-8-7-17-16(19)23/h2-6,9H,7-8,10H2,1H3,(H,17,23)(H,18,20)/b13-9-. The van der Waals surface area contributed by atoms with Crippen molar-refractivity contribution in [3.05, 3.63) is 41.6 Å². The summed E-state index contributed by atoms with van der Waals surface area (Å²) in [6.07, 6.45) is 1.44. The van der Waals surface area contributed by atoms with Crippen molar-refractivity contribution in [3.8, 4) is 0 Å². The van der Waals surface area contributed by atoms with Gasteiger partial charge in [-0.3, -0.25) is 14.5 Å². The first-order valence-electron chi connectivity index (χ1n) is 7.27. The van der Waals surface area contributed by atoms with Gasteiger partial charge in [0.05, 0.1) is 0 Å². The van der Waals surface area contributed by atoms with Crippen LogP contribution >= 0.6 is 0 Å². The predicted molar refractivity (Wildman–Crippen MR) is 84.3 cm³/mol. The lowest BCUT2D eigenvalue weighted by Gasteiger charge is -2.13. The molecule has 126 valence electrons. The molecule has 1 fully saturated rings. The zero-order valence-electron chi connectivity index (χ0n) is 13.1. The SMILES string of the molecule is CC(=O)N/C(=C\c1ccccc1)C(=O)OCC(=O)N1CCNC1=O. The second kappa shape index (κ2) is 7.91. The van der Waals surface area contributed by atoms with Crippen molar-refractivity contribution in [2.75, 3.05) is 19.7 Å². The highest BCUT2D eigenvalue weighted by Gasteiger charge is 2.27. The number of urea groups is 1. The van der Waals surface area contributed by atoms with Gasteiger partial charge in [-0.25, -0.2) is 9.59 Å². The minimum Gasteiger partial charge on any atom is -0.451 e. The average molecular weight is 331 g/mol. The van der Waals surface area contributed by atoms with Gasteiger partial charge in [0.2, 0.25) is 5.91 Å². The van der Waals surface area contributed by atoms with Gasteiger partial charge in [-0.1, -0.05) is 30.3 Å². The highest BCUT2D eigenvalue weighted by atomic mass is 16.5. The van der Waals surface area contributed by atoms with Crippen LogP contribution in [0.15, 0.2) is 36.0 Å². The highest BCUT2D eigenvalue weighted by Crippen LogP contribution is 2.07. The number of carbonyl (C=O) groups is 4. The molecule has 4 amide bonds. The van der Waals surface area contributed by atoms with Gasteiger partial charge in [-0.2, -0.15) is 0 Å². The molecule has 1 saturated heterocycles. The summed E-state index contributed by atoms with van der Waals surface area (Å²) in [4.78, 5) is 47.5. The summed E-state index contributed by atoms with van der Waals surface area (Å²) in [5.41, 5.74) is 0.593. The molecule has 8 heteroatoms. The Labute approximate surface area is 138 Å². The fraction of sp³-hybridized carbons (Fsp3) is 0.250. The molecule has 1 heterocycles. The van der Waals surface area contributed by atoms with Crippen LogP contribution in [0.2, 0.25) is 0 Å². The Morgan fingerprint density at radius 3 is 2.58 bits per heavy atom. The fourth-order valence-electron chi connectivity index (χ4n) is 2.04. The maximum absolute atomic E-state index is 12.1. The van der Waals surface area contributed by atoms with E-state index in [1.807, 2.05) is 6.07 Å². The van der Waals surface area contributed by atoms with Crippen molar-refractivity contribution in [3.63, 3.8) is 0 Å². The van der Waals surface area contributed by atoms with Gasteiger partial charge in [-0.15, -0.1) is 0 Å². The van der Waals surface area contributed by atoms with Crippen molar-refractivity contribution in [1.29, 1.82) is 0 Å². The number of benzene rings is 1. The second-order valence-corrected chi connectivity index (χ2v) is 5.00. The number of ether oxygens (including phenoxy) is 1. The first-order chi connectivity index (χ1) is 11.5. The van der Waals surface area contributed by atoms with Gasteiger partial charge >= 0.3 is 12.0 Å². The summed E-state index contributed by atoms with van der Waals surface area (Å²) in [5.74, 6) is -1.93. The zero-order valence-corrected chi connectivity index (χ0v) is 13.1. The van der Waals surface area contributed by atoms with E-state index in [-0.39, 0.29) is 12.2 Å². The smallest absolute Gasteiger partial charge is 0.355 e. The molecule has 0 saturated carbocycles. The van der Waals surface area contributed by atoms with Gasteiger partial charge in [0.1, 0.15) is 5.70 Å². The topological polar surface area (TPSA) is 105 Å². The van der Waals surface area contributed by atoms with E-state index in [1.54, 1.807) is 24.3 Å². The molecular weight excluding hydrogens is 314 g/mol. The van der Waals surface area contributed by atoms with Gasteiger partial charge in [0.15, 0.2) is 6.61 Å². The van der Waals surface area contributed by atoms with E-state index in [4.69, 9.17) is 4.74 Å². The number of amides is 4. The summed E-state index contributed by atoms with van der Waals surface area (Å²) in [6.45, 7) is 1.26. The van der Waals surface area contributed by atoms with Gasteiger partial charge < -0.3 is 15.4 Å². The summed E-state index contributed by atoms with van der Waals surface area (Å²) in [7, 11) is 0. The molecule has 1 aliphatic heterocycles. The number of esters is 1. The van der Waals surface area contributed by atoms with Gasteiger partial charge in [0, 0.05) is 20.0 Å². The zero-order chi connectivity index (χ0) is 17.5. The molecule has 1 aliphatic rings. The molecule has 2 rings (SSSR count). The van der Waals surface area contributed by atoms with E-state index < -0.39 is 30.4 Å². The predicted octanol–water partition coefficient (Wildman–Crippen LogP) is 0.259.